The van der Waals surface area contributed by atoms with Crippen LogP contribution < -0.4 is 10.1 Å². The van der Waals surface area contributed by atoms with Gasteiger partial charge in [-0.1, -0.05) is 12.1 Å². The van der Waals surface area contributed by atoms with Gasteiger partial charge in [-0.2, -0.15) is 0 Å². The Hall–Kier alpha value is -4.07. The quantitative estimate of drug-likeness (QED) is 0.596. The van der Waals surface area contributed by atoms with Gasteiger partial charge in [0, 0.05) is 18.2 Å². The lowest BCUT2D eigenvalue weighted by Crippen LogP contribution is -2.48. The summed E-state index contributed by atoms with van der Waals surface area (Å²) in [5.74, 6) is -3.02. The van der Waals surface area contributed by atoms with E-state index in [-0.39, 0.29) is 23.1 Å². The minimum absolute atomic E-state index is 0.133. The summed E-state index contributed by atoms with van der Waals surface area (Å²) in [7, 11) is 1.50. The Bertz CT molecular complexity index is 1160. The lowest BCUT2D eigenvalue weighted by atomic mass is 10.0. The zero-order valence-corrected chi connectivity index (χ0v) is 17.0. The Balaban J connectivity index is 1.68. The van der Waals surface area contributed by atoms with Gasteiger partial charge < -0.3 is 10.1 Å². The third-order valence-corrected chi connectivity index (χ3v) is 5.15. The van der Waals surface area contributed by atoms with Gasteiger partial charge in [0.2, 0.25) is 5.91 Å². The first-order valence-corrected chi connectivity index (χ1v) is 9.74. The van der Waals surface area contributed by atoms with Crippen molar-refractivity contribution in [2.75, 3.05) is 12.4 Å². The van der Waals surface area contributed by atoms with Crippen LogP contribution >= 0.6 is 0 Å². The highest BCUT2D eigenvalue weighted by molar-refractivity contribution is 6.23. The molecule has 32 heavy (non-hydrogen) atoms. The van der Waals surface area contributed by atoms with E-state index in [1.165, 1.54) is 19.2 Å². The molecule has 8 heteroatoms. The Morgan fingerprint density at radius 3 is 2.03 bits per heavy atom. The number of hydrogen-bond donors (Lipinski definition) is 1. The summed E-state index contributed by atoms with van der Waals surface area (Å²) in [5.41, 5.74) is 0.882. The number of benzene rings is 3. The van der Waals surface area contributed by atoms with Crippen LogP contribution in [-0.4, -0.2) is 35.8 Å². The lowest BCUT2D eigenvalue weighted by Gasteiger charge is -2.25. The summed E-state index contributed by atoms with van der Waals surface area (Å²) in [4.78, 5) is 40.0. The molecule has 0 aliphatic carbocycles. The average Bonchev–Trinajstić information content (AvgIpc) is 3.02. The molecule has 6 nitrogen and oxygen atoms in total. The summed E-state index contributed by atoms with van der Waals surface area (Å²) in [5, 5.41) is 2.66. The monoisotopic (exact) mass is 436 g/mol. The van der Waals surface area contributed by atoms with Gasteiger partial charge in [-0.15, -0.1) is 0 Å². The zero-order valence-electron chi connectivity index (χ0n) is 17.0. The van der Waals surface area contributed by atoms with Crippen molar-refractivity contribution in [3.8, 4) is 5.75 Å². The molecule has 3 aromatic rings. The fraction of sp³-hybridized carbons (Fsp3) is 0.125. The largest absolute Gasteiger partial charge is 0.497 e. The number of carbonyl (C=O) groups is 3. The number of nitrogens with one attached hydrogen (secondary N) is 1. The van der Waals surface area contributed by atoms with Gasteiger partial charge in [-0.3, -0.25) is 19.3 Å². The second-order valence-electron chi connectivity index (χ2n) is 7.24. The molecule has 0 aromatic heterocycles. The molecule has 0 fully saturated rings. The van der Waals surface area contributed by atoms with Crippen molar-refractivity contribution in [3.05, 3.63) is 95.1 Å². The van der Waals surface area contributed by atoms with E-state index in [1.807, 2.05) is 0 Å². The van der Waals surface area contributed by atoms with Crippen LogP contribution in [-0.2, 0) is 11.2 Å². The molecule has 3 amide bonds. The van der Waals surface area contributed by atoms with Gasteiger partial charge in [0.25, 0.3) is 11.8 Å². The molecule has 1 atom stereocenters. The predicted octanol–water partition coefficient (Wildman–Crippen LogP) is 3.82. The van der Waals surface area contributed by atoms with E-state index in [2.05, 4.69) is 5.32 Å². The number of fused-ring (bicyclic) bond motifs is 1. The van der Waals surface area contributed by atoms with Gasteiger partial charge in [0.05, 0.1) is 18.2 Å². The number of halogens is 2. The first-order chi connectivity index (χ1) is 15.4. The van der Waals surface area contributed by atoms with Crippen LogP contribution in [0.25, 0.3) is 0 Å². The smallest absolute Gasteiger partial charge is 0.262 e. The highest BCUT2D eigenvalue weighted by Gasteiger charge is 2.42. The van der Waals surface area contributed by atoms with E-state index in [4.69, 9.17) is 4.74 Å². The third-order valence-electron chi connectivity index (χ3n) is 5.15. The van der Waals surface area contributed by atoms with Crippen LogP contribution in [0.1, 0.15) is 26.3 Å². The van der Waals surface area contributed by atoms with E-state index < -0.39 is 35.4 Å². The Morgan fingerprint density at radius 2 is 1.50 bits per heavy atom. The molecule has 1 heterocycles. The Morgan fingerprint density at radius 1 is 0.938 bits per heavy atom. The van der Waals surface area contributed by atoms with Crippen LogP contribution in [0.4, 0.5) is 14.5 Å². The molecule has 3 aromatic carbocycles. The molecule has 0 spiro atoms. The molecule has 0 radical (unpaired) electrons. The second kappa shape index (κ2) is 8.58. The molecule has 1 aliphatic rings. The van der Waals surface area contributed by atoms with E-state index in [0.717, 1.165) is 17.0 Å². The van der Waals surface area contributed by atoms with Crippen molar-refractivity contribution in [2.24, 2.45) is 0 Å². The van der Waals surface area contributed by atoms with Gasteiger partial charge in [0.15, 0.2) is 0 Å². The number of carbonyl (C=O) groups excluding carboxylic acids is 3. The van der Waals surface area contributed by atoms with Crippen molar-refractivity contribution >= 4 is 23.4 Å². The molecule has 4 rings (SSSR count). The third kappa shape index (κ3) is 4.07. The highest BCUT2D eigenvalue weighted by Crippen LogP contribution is 2.27. The summed E-state index contributed by atoms with van der Waals surface area (Å²) in [6.45, 7) is 0. The molecule has 0 saturated carbocycles. The van der Waals surface area contributed by atoms with Crippen LogP contribution in [0.2, 0.25) is 0 Å². The maximum atomic E-state index is 13.7. The molecule has 1 N–H and O–H groups in total. The van der Waals surface area contributed by atoms with Crippen molar-refractivity contribution in [1.82, 2.24) is 4.90 Å². The normalized spacial score (nSPS) is 13.7. The number of ether oxygens (including phenoxy) is 1. The van der Waals surface area contributed by atoms with E-state index in [0.29, 0.717) is 17.5 Å². The fourth-order valence-corrected chi connectivity index (χ4v) is 3.64. The average molecular weight is 436 g/mol. The number of methoxy groups -OCH3 is 1. The molecular weight excluding hydrogens is 418 g/mol. The maximum Gasteiger partial charge on any atom is 0.262 e. The predicted molar refractivity (Wildman–Crippen MR) is 112 cm³/mol. The first kappa shape index (κ1) is 21.2. The van der Waals surface area contributed by atoms with E-state index in [1.54, 1.807) is 36.4 Å². The van der Waals surface area contributed by atoms with Crippen molar-refractivity contribution < 1.29 is 27.9 Å². The minimum Gasteiger partial charge on any atom is -0.497 e. The maximum absolute atomic E-state index is 13.7. The Labute approximate surface area is 182 Å². The van der Waals surface area contributed by atoms with Gasteiger partial charge in [-0.05, 0) is 54.1 Å². The zero-order chi connectivity index (χ0) is 22.8. The fourth-order valence-electron chi connectivity index (χ4n) is 3.64. The summed E-state index contributed by atoms with van der Waals surface area (Å²) >= 11 is 0. The number of rotatable bonds is 6. The number of nitrogens with zero attached hydrogens (tertiary/aromatic N) is 1. The SMILES string of the molecule is COc1ccc(NC(=O)[C@H](Cc2cc(F)cc(F)c2)N2C(=O)c3ccccc3C2=O)cc1. The summed E-state index contributed by atoms with van der Waals surface area (Å²) in [6.07, 6.45) is -0.262. The van der Waals surface area contributed by atoms with Crippen molar-refractivity contribution in [2.45, 2.75) is 12.5 Å². The number of amides is 3. The van der Waals surface area contributed by atoms with Crippen molar-refractivity contribution in [3.63, 3.8) is 0 Å². The van der Waals surface area contributed by atoms with Crippen LogP contribution in [0, 0.1) is 11.6 Å². The Kier molecular flexibility index (Phi) is 5.68. The molecule has 0 bridgehead atoms. The first-order valence-electron chi connectivity index (χ1n) is 9.74. The molecule has 0 saturated heterocycles. The number of hydrogen-bond acceptors (Lipinski definition) is 4. The van der Waals surface area contributed by atoms with E-state index in [9.17, 15) is 23.2 Å². The summed E-state index contributed by atoms with van der Waals surface area (Å²) < 4.78 is 32.6. The highest BCUT2D eigenvalue weighted by atomic mass is 19.1. The molecule has 0 unspecified atom stereocenters. The van der Waals surface area contributed by atoms with Gasteiger partial charge in [0.1, 0.15) is 23.4 Å². The second-order valence-corrected chi connectivity index (χ2v) is 7.24. The minimum atomic E-state index is -1.33. The number of anilines is 1. The molecule has 1 aliphatic heterocycles. The standard InChI is InChI=1S/C24H18F2N2O4/c1-32-18-8-6-17(7-9-18)27-22(29)21(12-14-10-15(25)13-16(26)11-14)28-23(30)19-4-2-3-5-20(19)24(28)31/h2-11,13,21H,12H2,1H3,(H,27,29)/t21-/m0/s1. The lowest BCUT2D eigenvalue weighted by molar-refractivity contribution is -0.119. The van der Waals surface area contributed by atoms with Crippen LogP contribution in [0.15, 0.2) is 66.7 Å². The van der Waals surface area contributed by atoms with E-state index >= 15 is 0 Å². The number of imide groups is 1. The summed E-state index contributed by atoms with van der Waals surface area (Å²) in [6, 6.07) is 14.2. The van der Waals surface area contributed by atoms with Crippen LogP contribution in [0.5, 0.6) is 5.75 Å². The van der Waals surface area contributed by atoms with Crippen LogP contribution in [0.3, 0.4) is 0 Å². The van der Waals surface area contributed by atoms with Gasteiger partial charge in [-0.25, -0.2) is 8.78 Å². The van der Waals surface area contributed by atoms with Crippen molar-refractivity contribution in [1.29, 1.82) is 0 Å². The van der Waals surface area contributed by atoms with Gasteiger partial charge >= 0.3 is 0 Å². The molecule has 162 valence electrons. The topological polar surface area (TPSA) is 75.7 Å². The molecular formula is C24H18F2N2O4.